The summed E-state index contributed by atoms with van der Waals surface area (Å²) in [6.45, 7) is 3.39. The van der Waals surface area contributed by atoms with Gasteiger partial charge in [-0.25, -0.2) is 16.8 Å². The first-order valence-corrected chi connectivity index (χ1v) is 12.8. The Morgan fingerprint density at radius 3 is 1.93 bits per heavy atom. The molecular formula is C20H26N2O6S2. The van der Waals surface area contributed by atoms with Crippen LogP contribution in [0.1, 0.15) is 25.5 Å². The van der Waals surface area contributed by atoms with Crippen molar-refractivity contribution in [1.29, 1.82) is 0 Å². The van der Waals surface area contributed by atoms with Crippen LogP contribution in [0.25, 0.3) is 0 Å². The van der Waals surface area contributed by atoms with Crippen molar-refractivity contribution in [2.24, 2.45) is 0 Å². The summed E-state index contributed by atoms with van der Waals surface area (Å²) in [5, 5.41) is 2.82. The highest BCUT2D eigenvalue weighted by Gasteiger charge is 2.19. The van der Waals surface area contributed by atoms with E-state index in [0.29, 0.717) is 11.4 Å². The minimum absolute atomic E-state index is 0.214. The van der Waals surface area contributed by atoms with Gasteiger partial charge in [-0.05, 0) is 55.8 Å². The van der Waals surface area contributed by atoms with Crippen molar-refractivity contribution >= 4 is 31.5 Å². The van der Waals surface area contributed by atoms with Crippen LogP contribution < -0.4 is 14.4 Å². The third-order valence-electron chi connectivity index (χ3n) is 4.55. The van der Waals surface area contributed by atoms with Gasteiger partial charge in [0.2, 0.25) is 10.0 Å². The Hall–Kier alpha value is -2.59. The maximum absolute atomic E-state index is 12.4. The van der Waals surface area contributed by atoms with Crippen LogP contribution in [0, 0.1) is 0 Å². The van der Waals surface area contributed by atoms with E-state index in [1.165, 1.54) is 19.2 Å². The molecule has 1 N–H and O–H groups in total. The van der Waals surface area contributed by atoms with Crippen LogP contribution in [0.5, 0.6) is 5.75 Å². The van der Waals surface area contributed by atoms with Gasteiger partial charge in [0.15, 0.2) is 15.9 Å². The molecule has 1 amide bonds. The van der Waals surface area contributed by atoms with E-state index < -0.39 is 26.0 Å². The van der Waals surface area contributed by atoms with E-state index in [1.807, 2.05) is 0 Å². The highest BCUT2D eigenvalue weighted by molar-refractivity contribution is 7.92. The number of anilines is 1. The smallest absolute Gasteiger partial charge is 0.261 e. The van der Waals surface area contributed by atoms with Crippen LogP contribution in [0.15, 0.2) is 53.4 Å². The van der Waals surface area contributed by atoms with Crippen molar-refractivity contribution in [3.8, 4) is 5.75 Å². The molecule has 0 unspecified atom stereocenters. The predicted molar refractivity (Wildman–Crippen MR) is 116 cm³/mol. The molecule has 2 aromatic rings. The van der Waals surface area contributed by atoms with Gasteiger partial charge < -0.3 is 10.1 Å². The van der Waals surface area contributed by atoms with Gasteiger partial charge in [0.05, 0.1) is 22.9 Å². The molecule has 0 heterocycles. The quantitative estimate of drug-likeness (QED) is 0.654. The van der Waals surface area contributed by atoms with E-state index in [0.717, 1.165) is 22.4 Å². The molecule has 0 spiro atoms. The van der Waals surface area contributed by atoms with E-state index in [2.05, 4.69) is 5.32 Å². The lowest BCUT2D eigenvalue weighted by atomic mass is 10.1. The SMILES string of the molecule is C[C@H](NC(=O)[C@@H](C)Oc1ccc(N(C)S(C)(=O)=O)cc1)c1ccc(S(C)(=O)=O)cc1. The molecule has 2 aromatic carbocycles. The van der Waals surface area contributed by atoms with Gasteiger partial charge in [-0.3, -0.25) is 9.10 Å². The minimum atomic E-state index is -3.36. The van der Waals surface area contributed by atoms with Gasteiger partial charge in [0, 0.05) is 13.3 Å². The number of nitrogens with zero attached hydrogens (tertiary/aromatic N) is 1. The number of hydrogen-bond acceptors (Lipinski definition) is 6. The zero-order chi connectivity index (χ0) is 22.7. The topological polar surface area (TPSA) is 110 Å². The Bertz CT molecular complexity index is 1090. The zero-order valence-corrected chi connectivity index (χ0v) is 19.1. The van der Waals surface area contributed by atoms with Crippen molar-refractivity contribution in [3.05, 3.63) is 54.1 Å². The predicted octanol–water partition coefficient (Wildman–Crippen LogP) is 2.13. The van der Waals surface area contributed by atoms with Crippen LogP contribution in [0.2, 0.25) is 0 Å². The van der Waals surface area contributed by atoms with Crippen LogP contribution in [0.3, 0.4) is 0 Å². The van der Waals surface area contributed by atoms with E-state index in [-0.39, 0.29) is 16.8 Å². The molecule has 0 saturated heterocycles. The second kappa shape index (κ2) is 9.05. The number of benzene rings is 2. The second-order valence-electron chi connectivity index (χ2n) is 7.06. The number of nitrogens with one attached hydrogen (secondary N) is 1. The normalized spacial score (nSPS) is 13.9. The molecule has 0 radical (unpaired) electrons. The number of hydrogen-bond donors (Lipinski definition) is 1. The van der Waals surface area contributed by atoms with Gasteiger partial charge in [-0.1, -0.05) is 12.1 Å². The molecule has 164 valence electrons. The first-order chi connectivity index (χ1) is 13.8. The minimum Gasteiger partial charge on any atom is -0.481 e. The molecule has 2 atom stereocenters. The van der Waals surface area contributed by atoms with E-state index >= 15 is 0 Å². The lowest BCUT2D eigenvalue weighted by Gasteiger charge is -2.20. The Balaban J connectivity index is 1.99. The summed E-state index contributed by atoms with van der Waals surface area (Å²) in [7, 11) is -5.19. The summed E-state index contributed by atoms with van der Waals surface area (Å²) in [4.78, 5) is 12.7. The Kier molecular flexibility index (Phi) is 7.14. The van der Waals surface area contributed by atoms with Crippen molar-refractivity contribution < 1.29 is 26.4 Å². The first kappa shape index (κ1) is 23.7. The number of amides is 1. The largest absolute Gasteiger partial charge is 0.481 e. The lowest BCUT2D eigenvalue weighted by Crippen LogP contribution is -2.37. The summed E-state index contributed by atoms with van der Waals surface area (Å²) >= 11 is 0. The van der Waals surface area contributed by atoms with Crippen molar-refractivity contribution in [2.45, 2.75) is 30.9 Å². The summed E-state index contributed by atoms with van der Waals surface area (Å²) in [6, 6.07) is 12.3. The summed E-state index contributed by atoms with van der Waals surface area (Å²) in [5.74, 6) is 0.0838. The molecule has 0 aliphatic carbocycles. The van der Waals surface area contributed by atoms with Gasteiger partial charge >= 0.3 is 0 Å². The molecule has 8 nitrogen and oxygen atoms in total. The molecule has 0 aliphatic heterocycles. The standard InChI is InChI=1S/C20H26N2O6S2/c1-14(16-6-12-19(13-7-16)29(4,24)25)21-20(23)15(2)28-18-10-8-17(9-11-18)22(3)30(5,26)27/h6-15H,1-5H3,(H,21,23)/t14-,15+/m0/s1. The average molecular weight is 455 g/mol. The molecular weight excluding hydrogens is 428 g/mol. The van der Waals surface area contributed by atoms with E-state index in [1.54, 1.807) is 50.2 Å². The van der Waals surface area contributed by atoms with Crippen molar-refractivity contribution in [1.82, 2.24) is 5.32 Å². The molecule has 2 rings (SSSR count). The summed E-state index contributed by atoms with van der Waals surface area (Å²) in [6.07, 6.45) is 1.46. The number of carbonyl (C=O) groups excluding carboxylic acids is 1. The zero-order valence-electron chi connectivity index (χ0n) is 17.5. The number of ether oxygens (including phenoxy) is 1. The molecule has 0 aliphatic rings. The van der Waals surface area contributed by atoms with Crippen LogP contribution in [-0.4, -0.2) is 48.4 Å². The number of sulfonamides is 1. The maximum Gasteiger partial charge on any atom is 0.261 e. The third kappa shape index (κ3) is 6.20. The second-order valence-corrected chi connectivity index (χ2v) is 11.1. The lowest BCUT2D eigenvalue weighted by molar-refractivity contribution is -0.127. The molecule has 10 heteroatoms. The fourth-order valence-corrected chi connectivity index (χ4v) is 3.74. The Morgan fingerprint density at radius 1 is 0.933 bits per heavy atom. The van der Waals surface area contributed by atoms with Gasteiger partial charge in [-0.2, -0.15) is 0 Å². The number of carbonyl (C=O) groups is 1. The van der Waals surface area contributed by atoms with Crippen molar-refractivity contribution in [3.63, 3.8) is 0 Å². The third-order valence-corrected chi connectivity index (χ3v) is 6.88. The van der Waals surface area contributed by atoms with Gasteiger partial charge in [0.25, 0.3) is 5.91 Å². The highest BCUT2D eigenvalue weighted by atomic mass is 32.2. The van der Waals surface area contributed by atoms with Crippen LogP contribution in [-0.2, 0) is 24.7 Å². The fraction of sp³-hybridized carbons (Fsp3) is 0.350. The average Bonchev–Trinajstić information content (AvgIpc) is 2.66. The summed E-state index contributed by atoms with van der Waals surface area (Å²) < 4.78 is 53.0. The molecule has 0 bridgehead atoms. The van der Waals surface area contributed by atoms with Gasteiger partial charge in [0.1, 0.15) is 5.75 Å². The van der Waals surface area contributed by atoms with Crippen molar-refractivity contribution in [2.75, 3.05) is 23.9 Å². The summed E-state index contributed by atoms with van der Waals surface area (Å²) in [5.41, 5.74) is 1.24. The van der Waals surface area contributed by atoms with Crippen LogP contribution in [0.4, 0.5) is 5.69 Å². The molecule has 30 heavy (non-hydrogen) atoms. The monoisotopic (exact) mass is 454 g/mol. The molecule has 0 saturated carbocycles. The first-order valence-electron chi connectivity index (χ1n) is 9.10. The number of sulfone groups is 1. The molecule has 0 fully saturated rings. The Morgan fingerprint density at radius 2 is 1.47 bits per heavy atom. The van der Waals surface area contributed by atoms with Crippen LogP contribution >= 0.6 is 0 Å². The molecule has 0 aromatic heterocycles. The highest BCUT2D eigenvalue weighted by Crippen LogP contribution is 2.21. The Labute approximate surface area is 177 Å². The van der Waals surface area contributed by atoms with E-state index in [9.17, 15) is 21.6 Å². The van der Waals surface area contributed by atoms with Gasteiger partial charge in [-0.15, -0.1) is 0 Å². The fourth-order valence-electron chi connectivity index (χ4n) is 2.60. The maximum atomic E-state index is 12.4. The number of rotatable bonds is 8. The van der Waals surface area contributed by atoms with E-state index in [4.69, 9.17) is 4.74 Å².